The fraction of sp³-hybridized carbons (Fsp3) is 0.143. The van der Waals surface area contributed by atoms with E-state index in [2.05, 4.69) is 26.5 Å². The molecule has 2 aromatic rings. The minimum atomic E-state index is -0.359. The number of aryl methyl sites for hydroxylation is 1. The van der Waals surface area contributed by atoms with Gasteiger partial charge >= 0.3 is 0 Å². The van der Waals surface area contributed by atoms with Gasteiger partial charge in [-0.15, -0.1) is 0 Å². The first-order valence-corrected chi connectivity index (χ1v) is 6.76. The molecule has 1 aromatic heterocycles. The zero-order valence-corrected chi connectivity index (χ0v) is 13.0. The molecule has 0 unspecified atom stereocenters. The first-order valence-electron chi connectivity index (χ1n) is 5.97. The summed E-state index contributed by atoms with van der Waals surface area (Å²) in [5.74, 6) is 0.481. The van der Waals surface area contributed by atoms with Crippen LogP contribution in [-0.2, 0) is 0 Å². The molecule has 0 spiro atoms. The van der Waals surface area contributed by atoms with Crippen molar-refractivity contribution in [2.24, 2.45) is 5.10 Å². The van der Waals surface area contributed by atoms with Gasteiger partial charge < -0.3 is 14.3 Å². The van der Waals surface area contributed by atoms with E-state index >= 15 is 0 Å². The number of rotatable bonds is 4. The Morgan fingerprint density at radius 1 is 1.52 bits per heavy atom. The van der Waals surface area contributed by atoms with Gasteiger partial charge in [0.05, 0.1) is 29.6 Å². The Morgan fingerprint density at radius 3 is 2.90 bits per heavy atom. The normalized spacial score (nSPS) is 10.8. The van der Waals surface area contributed by atoms with Crippen LogP contribution in [0.25, 0.3) is 0 Å². The molecule has 0 aliphatic rings. The van der Waals surface area contributed by atoms with Gasteiger partial charge in [0.15, 0.2) is 11.5 Å². The third-order valence-corrected chi connectivity index (χ3v) is 3.36. The van der Waals surface area contributed by atoms with E-state index in [0.717, 1.165) is 0 Å². The van der Waals surface area contributed by atoms with Crippen LogP contribution in [0.2, 0.25) is 0 Å². The molecule has 0 saturated carbocycles. The van der Waals surface area contributed by atoms with Gasteiger partial charge in [-0.25, -0.2) is 5.43 Å². The van der Waals surface area contributed by atoms with Crippen molar-refractivity contribution in [3.05, 3.63) is 45.8 Å². The quantitative estimate of drug-likeness (QED) is 0.654. The van der Waals surface area contributed by atoms with Gasteiger partial charge in [-0.05, 0) is 46.6 Å². The lowest BCUT2D eigenvalue weighted by Crippen LogP contribution is -2.17. The van der Waals surface area contributed by atoms with Gasteiger partial charge in [0.2, 0.25) is 0 Å². The smallest absolute Gasteiger partial charge is 0.274 e. The molecule has 0 atom stereocenters. The lowest BCUT2D eigenvalue weighted by atomic mass is 10.2. The molecule has 0 radical (unpaired) electrons. The van der Waals surface area contributed by atoms with Gasteiger partial charge in [-0.3, -0.25) is 4.79 Å². The summed E-state index contributed by atoms with van der Waals surface area (Å²) in [6.07, 6.45) is 2.88. The van der Waals surface area contributed by atoms with Crippen LogP contribution in [0.3, 0.4) is 0 Å². The summed E-state index contributed by atoms with van der Waals surface area (Å²) in [5, 5.41) is 13.6. The number of ether oxygens (including phenoxy) is 1. The van der Waals surface area contributed by atoms with Gasteiger partial charge in [-0.2, -0.15) is 5.10 Å². The van der Waals surface area contributed by atoms with Gasteiger partial charge in [0.1, 0.15) is 5.76 Å². The average Bonchev–Trinajstić information content (AvgIpc) is 2.88. The molecule has 110 valence electrons. The van der Waals surface area contributed by atoms with Crippen molar-refractivity contribution >= 4 is 28.1 Å². The number of phenols is 1. The third-order valence-electron chi connectivity index (χ3n) is 2.75. The Balaban J connectivity index is 2.10. The van der Waals surface area contributed by atoms with Crippen LogP contribution >= 0.6 is 15.9 Å². The average molecular weight is 353 g/mol. The summed E-state index contributed by atoms with van der Waals surface area (Å²) in [5.41, 5.74) is 3.48. The number of nitrogens with one attached hydrogen (secondary N) is 1. The second-order valence-electron chi connectivity index (χ2n) is 4.14. The number of phenolic OH excluding ortho intramolecular Hbond substituents is 1. The minimum Gasteiger partial charge on any atom is -0.503 e. The van der Waals surface area contributed by atoms with Crippen molar-refractivity contribution in [2.45, 2.75) is 6.92 Å². The van der Waals surface area contributed by atoms with Gasteiger partial charge in [0.25, 0.3) is 5.91 Å². The number of halogens is 1. The van der Waals surface area contributed by atoms with Crippen LogP contribution in [-0.4, -0.2) is 24.3 Å². The number of nitrogens with zero attached hydrogens (tertiary/aromatic N) is 1. The second kappa shape index (κ2) is 6.45. The van der Waals surface area contributed by atoms with Crippen molar-refractivity contribution in [1.29, 1.82) is 0 Å². The Labute approximate surface area is 129 Å². The molecule has 0 saturated heterocycles. The number of methoxy groups -OCH3 is 1. The van der Waals surface area contributed by atoms with Crippen molar-refractivity contribution in [3.63, 3.8) is 0 Å². The Bertz CT molecular complexity index is 694. The highest BCUT2D eigenvalue weighted by Gasteiger charge is 2.10. The number of carbonyl (C=O) groups excluding carboxylic acids is 1. The molecule has 7 heteroatoms. The molecule has 0 aliphatic heterocycles. The molecule has 0 bridgehead atoms. The number of hydrogen-bond donors (Lipinski definition) is 2. The molecule has 2 rings (SSSR count). The molecular weight excluding hydrogens is 340 g/mol. The molecule has 2 N–H and O–H groups in total. The van der Waals surface area contributed by atoms with Crippen molar-refractivity contribution in [1.82, 2.24) is 5.43 Å². The zero-order chi connectivity index (χ0) is 15.4. The van der Waals surface area contributed by atoms with E-state index in [1.165, 1.54) is 19.6 Å². The fourth-order valence-electron chi connectivity index (χ4n) is 1.67. The first-order chi connectivity index (χ1) is 10.0. The van der Waals surface area contributed by atoms with Crippen molar-refractivity contribution in [3.8, 4) is 11.5 Å². The summed E-state index contributed by atoms with van der Waals surface area (Å²) in [4.78, 5) is 11.8. The number of furan rings is 1. The van der Waals surface area contributed by atoms with Crippen LogP contribution in [0.5, 0.6) is 11.5 Å². The lowest BCUT2D eigenvalue weighted by Gasteiger charge is -2.06. The number of amides is 1. The van der Waals surface area contributed by atoms with Crippen molar-refractivity contribution in [2.75, 3.05) is 7.11 Å². The maximum Gasteiger partial charge on any atom is 0.274 e. The maximum absolute atomic E-state index is 11.8. The molecular formula is C14H13BrN2O4. The predicted molar refractivity (Wildman–Crippen MR) is 80.9 cm³/mol. The third kappa shape index (κ3) is 3.43. The summed E-state index contributed by atoms with van der Waals surface area (Å²) in [7, 11) is 1.45. The molecule has 21 heavy (non-hydrogen) atoms. The topological polar surface area (TPSA) is 84.1 Å². The summed E-state index contributed by atoms with van der Waals surface area (Å²) < 4.78 is 10.5. The summed E-state index contributed by atoms with van der Waals surface area (Å²) >= 11 is 3.21. The fourth-order valence-corrected chi connectivity index (χ4v) is 2.13. The van der Waals surface area contributed by atoms with Crippen LogP contribution in [0, 0.1) is 6.92 Å². The second-order valence-corrected chi connectivity index (χ2v) is 5.00. The Hall–Kier alpha value is -2.28. The van der Waals surface area contributed by atoms with E-state index < -0.39 is 0 Å². The molecule has 6 nitrogen and oxygen atoms in total. The number of hydrogen-bond acceptors (Lipinski definition) is 5. The number of hydrazone groups is 1. The minimum absolute atomic E-state index is 0.00714. The summed E-state index contributed by atoms with van der Waals surface area (Å²) in [6, 6.07) is 4.82. The maximum atomic E-state index is 11.8. The Morgan fingerprint density at radius 2 is 2.29 bits per heavy atom. The highest BCUT2D eigenvalue weighted by molar-refractivity contribution is 9.10. The molecule has 1 aromatic carbocycles. The van der Waals surface area contributed by atoms with Crippen LogP contribution < -0.4 is 10.2 Å². The molecule has 1 amide bonds. The molecule has 1 heterocycles. The van der Waals surface area contributed by atoms with Crippen molar-refractivity contribution < 1.29 is 19.1 Å². The van der Waals surface area contributed by atoms with E-state index in [1.807, 2.05) is 0 Å². The lowest BCUT2D eigenvalue weighted by molar-refractivity contribution is 0.0953. The SMILES string of the molecule is COc1cc(C=NNC(=O)c2ccoc2C)cc(Br)c1O. The van der Waals surface area contributed by atoms with Crippen LogP contribution in [0.1, 0.15) is 21.7 Å². The largest absolute Gasteiger partial charge is 0.503 e. The highest BCUT2D eigenvalue weighted by atomic mass is 79.9. The van der Waals surface area contributed by atoms with Crippen LogP contribution in [0.15, 0.2) is 38.5 Å². The van der Waals surface area contributed by atoms with E-state index in [9.17, 15) is 9.90 Å². The van der Waals surface area contributed by atoms with E-state index in [0.29, 0.717) is 27.1 Å². The van der Waals surface area contributed by atoms with Gasteiger partial charge in [0, 0.05) is 0 Å². The highest BCUT2D eigenvalue weighted by Crippen LogP contribution is 2.34. The number of carbonyl (C=O) groups is 1. The molecule has 0 aliphatic carbocycles. The number of benzene rings is 1. The van der Waals surface area contributed by atoms with E-state index in [-0.39, 0.29) is 11.7 Å². The summed E-state index contributed by atoms with van der Waals surface area (Å²) in [6.45, 7) is 1.70. The predicted octanol–water partition coefficient (Wildman–Crippen LogP) is 2.83. The molecule has 0 fully saturated rings. The number of aromatic hydroxyl groups is 1. The standard InChI is InChI=1S/C14H13BrN2O4/c1-8-10(3-4-21-8)14(19)17-16-7-9-5-11(15)13(18)12(6-9)20-2/h3-7,18H,1-2H3,(H,17,19). The van der Waals surface area contributed by atoms with Gasteiger partial charge in [-0.1, -0.05) is 0 Å². The zero-order valence-electron chi connectivity index (χ0n) is 11.4. The van der Waals surface area contributed by atoms with Crippen LogP contribution in [0.4, 0.5) is 0 Å². The van der Waals surface area contributed by atoms with E-state index in [1.54, 1.807) is 25.1 Å². The Kier molecular flexibility index (Phi) is 4.64. The first kappa shape index (κ1) is 15.1. The van der Waals surface area contributed by atoms with E-state index in [4.69, 9.17) is 9.15 Å². The monoisotopic (exact) mass is 352 g/mol.